The van der Waals surface area contributed by atoms with Gasteiger partial charge in [0.2, 0.25) is 0 Å². The maximum absolute atomic E-state index is 4.54. The third-order valence-electron chi connectivity index (χ3n) is 4.54. The minimum absolute atomic E-state index is 0.863. The number of hydrogen-bond donors (Lipinski definition) is 1. The summed E-state index contributed by atoms with van der Waals surface area (Å²) >= 11 is 0. The van der Waals surface area contributed by atoms with E-state index in [-0.39, 0.29) is 0 Å². The number of benzene rings is 2. The fourth-order valence-electron chi connectivity index (χ4n) is 2.94. The van der Waals surface area contributed by atoms with Gasteiger partial charge in [-0.2, -0.15) is 0 Å². The third kappa shape index (κ3) is 3.97. The van der Waals surface area contributed by atoms with Gasteiger partial charge in [-0.15, -0.1) is 10.2 Å². The van der Waals surface area contributed by atoms with E-state index in [0.29, 0.717) is 0 Å². The van der Waals surface area contributed by atoms with Gasteiger partial charge in [0, 0.05) is 22.9 Å². The third-order valence-corrected chi connectivity index (χ3v) is 4.54. The summed E-state index contributed by atoms with van der Waals surface area (Å²) in [6, 6.07) is 14.8. The Balaban J connectivity index is 1.94. The van der Waals surface area contributed by atoms with Crippen LogP contribution in [0, 0.1) is 13.8 Å². The summed E-state index contributed by atoms with van der Waals surface area (Å²) in [5.41, 5.74) is 4.62. The molecule has 1 N–H and O–H groups in total. The average molecular weight is 334 g/mol. The molecular formula is C21H26N4. The number of rotatable bonds is 6. The van der Waals surface area contributed by atoms with Gasteiger partial charge in [0.15, 0.2) is 5.82 Å². The smallest absolute Gasteiger partial charge is 0.156 e. The van der Waals surface area contributed by atoms with Gasteiger partial charge >= 0.3 is 0 Å². The van der Waals surface area contributed by atoms with E-state index in [1.165, 1.54) is 11.1 Å². The molecule has 25 heavy (non-hydrogen) atoms. The topological polar surface area (TPSA) is 41.1 Å². The van der Waals surface area contributed by atoms with Crippen LogP contribution in [0.25, 0.3) is 22.0 Å². The highest BCUT2D eigenvalue weighted by atomic mass is 15.2. The van der Waals surface area contributed by atoms with E-state index in [2.05, 4.69) is 90.8 Å². The maximum Gasteiger partial charge on any atom is 0.156 e. The number of nitrogens with zero attached hydrogens (tertiary/aromatic N) is 3. The predicted molar refractivity (Wildman–Crippen MR) is 106 cm³/mol. The Hall–Kier alpha value is -2.46. The number of hydrogen-bond acceptors (Lipinski definition) is 4. The fraction of sp³-hybridized carbons (Fsp3) is 0.333. The minimum Gasteiger partial charge on any atom is -0.368 e. The van der Waals surface area contributed by atoms with Crippen molar-refractivity contribution in [3.05, 3.63) is 53.6 Å². The molecule has 0 unspecified atom stereocenters. The van der Waals surface area contributed by atoms with Crippen molar-refractivity contribution in [1.82, 2.24) is 15.1 Å². The first kappa shape index (κ1) is 17.4. The summed E-state index contributed by atoms with van der Waals surface area (Å²) in [6.45, 7) is 6.21. The zero-order valence-corrected chi connectivity index (χ0v) is 15.5. The molecular weight excluding hydrogens is 308 g/mol. The first-order valence-electron chi connectivity index (χ1n) is 8.78. The molecule has 4 heteroatoms. The number of aromatic nitrogens is 2. The number of nitrogens with one attached hydrogen (secondary N) is 1. The van der Waals surface area contributed by atoms with Gasteiger partial charge in [-0.05, 0) is 58.1 Å². The first-order valence-corrected chi connectivity index (χ1v) is 8.78. The van der Waals surface area contributed by atoms with Crippen LogP contribution < -0.4 is 5.32 Å². The SMILES string of the molecule is Cc1ccc(-c2nnc(NCCCN(C)C)c3ccccc23)cc1C. The molecule has 0 aliphatic rings. The van der Waals surface area contributed by atoms with E-state index < -0.39 is 0 Å². The molecule has 130 valence electrons. The normalized spacial score (nSPS) is 11.2. The van der Waals surface area contributed by atoms with Gasteiger partial charge in [0.25, 0.3) is 0 Å². The van der Waals surface area contributed by atoms with Crippen LogP contribution in [-0.2, 0) is 0 Å². The molecule has 0 radical (unpaired) electrons. The van der Waals surface area contributed by atoms with Gasteiger partial charge in [-0.1, -0.05) is 36.4 Å². The highest BCUT2D eigenvalue weighted by Gasteiger charge is 2.11. The number of fused-ring (bicyclic) bond motifs is 1. The monoisotopic (exact) mass is 334 g/mol. The van der Waals surface area contributed by atoms with Crippen LogP contribution in [0.1, 0.15) is 17.5 Å². The highest BCUT2D eigenvalue weighted by Crippen LogP contribution is 2.30. The highest BCUT2D eigenvalue weighted by molar-refractivity contribution is 6.00. The van der Waals surface area contributed by atoms with E-state index in [0.717, 1.165) is 47.4 Å². The number of aryl methyl sites for hydroxylation is 2. The molecule has 0 saturated carbocycles. The summed E-state index contributed by atoms with van der Waals surface area (Å²) in [5, 5.41) is 14.7. The zero-order valence-electron chi connectivity index (χ0n) is 15.5. The Bertz CT molecular complexity index is 871. The lowest BCUT2D eigenvalue weighted by molar-refractivity contribution is 0.405. The maximum atomic E-state index is 4.54. The van der Waals surface area contributed by atoms with Crippen LogP contribution in [-0.4, -0.2) is 42.3 Å². The Morgan fingerprint density at radius 3 is 2.40 bits per heavy atom. The molecule has 2 aromatic carbocycles. The van der Waals surface area contributed by atoms with Crippen molar-refractivity contribution in [1.29, 1.82) is 0 Å². The molecule has 1 aromatic heterocycles. The average Bonchev–Trinajstić information content (AvgIpc) is 2.61. The molecule has 0 bridgehead atoms. The van der Waals surface area contributed by atoms with Crippen molar-refractivity contribution in [2.75, 3.05) is 32.5 Å². The van der Waals surface area contributed by atoms with E-state index in [4.69, 9.17) is 0 Å². The summed E-state index contributed by atoms with van der Waals surface area (Å²) in [6.07, 6.45) is 1.07. The Kier molecular flexibility index (Phi) is 5.29. The Labute approximate surface area is 149 Å². The molecule has 0 amide bonds. The van der Waals surface area contributed by atoms with Crippen LogP contribution in [0.4, 0.5) is 5.82 Å². The summed E-state index contributed by atoms with van der Waals surface area (Å²) in [5.74, 6) is 0.863. The lowest BCUT2D eigenvalue weighted by Crippen LogP contribution is -2.16. The molecule has 0 saturated heterocycles. The standard InChI is InChI=1S/C21H26N4/c1-15-10-11-17(14-16(15)2)20-18-8-5-6-9-19(18)21(24-23-20)22-12-7-13-25(3)4/h5-6,8-11,14H,7,12-13H2,1-4H3,(H,22,24). The van der Waals surface area contributed by atoms with Crippen LogP contribution in [0.5, 0.6) is 0 Å². The molecule has 3 rings (SSSR count). The van der Waals surface area contributed by atoms with Crippen molar-refractivity contribution in [3.8, 4) is 11.3 Å². The molecule has 0 spiro atoms. The second kappa shape index (κ2) is 7.62. The van der Waals surface area contributed by atoms with E-state index >= 15 is 0 Å². The largest absolute Gasteiger partial charge is 0.368 e. The Morgan fingerprint density at radius 1 is 0.920 bits per heavy atom. The van der Waals surface area contributed by atoms with E-state index in [9.17, 15) is 0 Å². The molecule has 0 fully saturated rings. The van der Waals surface area contributed by atoms with Crippen molar-refractivity contribution in [2.24, 2.45) is 0 Å². The summed E-state index contributed by atoms with van der Waals surface area (Å²) in [7, 11) is 4.18. The van der Waals surface area contributed by atoms with Crippen molar-refractivity contribution in [3.63, 3.8) is 0 Å². The zero-order chi connectivity index (χ0) is 17.8. The van der Waals surface area contributed by atoms with Gasteiger partial charge < -0.3 is 10.2 Å². The Morgan fingerprint density at radius 2 is 1.68 bits per heavy atom. The fourth-order valence-corrected chi connectivity index (χ4v) is 2.94. The molecule has 0 aliphatic heterocycles. The first-order chi connectivity index (χ1) is 12.1. The van der Waals surface area contributed by atoms with Gasteiger partial charge in [-0.25, -0.2) is 0 Å². The van der Waals surface area contributed by atoms with Crippen molar-refractivity contribution in [2.45, 2.75) is 20.3 Å². The van der Waals surface area contributed by atoms with Gasteiger partial charge in [0.05, 0.1) is 0 Å². The summed E-state index contributed by atoms with van der Waals surface area (Å²) < 4.78 is 0. The lowest BCUT2D eigenvalue weighted by atomic mass is 10.0. The molecule has 3 aromatic rings. The molecule has 0 aliphatic carbocycles. The van der Waals surface area contributed by atoms with Crippen LogP contribution in [0.15, 0.2) is 42.5 Å². The quantitative estimate of drug-likeness (QED) is 0.683. The lowest BCUT2D eigenvalue weighted by Gasteiger charge is -2.13. The van der Waals surface area contributed by atoms with Crippen LogP contribution in [0.2, 0.25) is 0 Å². The molecule has 0 atom stereocenters. The second-order valence-corrected chi connectivity index (χ2v) is 6.83. The van der Waals surface area contributed by atoms with Crippen LogP contribution >= 0.6 is 0 Å². The summed E-state index contributed by atoms with van der Waals surface area (Å²) in [4.78, 5) is 2.19. The van der Waals surface area contributed by atoms with Crippen molar-refractivity contribution < 1.29 is 0 Å². The van der Waals surface area contributed by atoms with Crippen LogP contribution in [0.3, 0.4) is 0 Å². The van der Waals surface area contributed by atoms with E-state index in [1.807, 2.05) is 0 Å². The second-order valence-electron chi connectivity index (χ2n) is 6.83. The molecule has 1 heterocycles. The van der Waals surface area contributed by atoms with Gasteiger partial charge in [-0.3, -0.25) is 0 Å². The molecule has 4 nitrogen and oxygen atoms in total. The van der Waals surface area contributed by atoms with E-state index in [1.54, 1.807) is 0 Å². The van der Waals surface area contributed by atoms with Crippen molar-refractivity contribution >= 4 is 16.6 Å². The number of anilines is 1. The van der Waals surface area contributed by atoms with Gasteiger partial charge in [0.1, 0.15) is 5.69 Å². The predicted octanol–water partition coefficient (Wildman–Crippen LogP) is 4.28. The minimum atomic E-state index is 0.863.